The Morgan fingerprint density at radius 3 is 2.46 bits per heavy atom. The van der Waals surface area contributed by atoms with Crippen molar-refractivity contribution in [1.82, 2.24) is 4.31 Å². The van der Waals surface area contributed by atoms with Crippen LogP contribution in [0.25, 0.3) is 0 Å². The fourth-order valence-electron chi connectivity index (χ4n) is 1.93. The Hall–Kier alpha value is -0.130. The fourth-order valence-corrected chi connectivity index (χ4v) is 3.35. The Morgan fingerprint density at radius 2 is 2.08 bits per heavy atom. The number of nitrogens with two attached hydrogens (primary N) is 1. The van der Waals surface area contributed by atoms with Crippen LogP contribution in [0, 0.1) is 0 Å². The van der Waals surface area contributed by atoms with Gasteiger partial charge in [-0.25, -0.2) is 8.42 Å². The van der Waals surface area contributed by atoms with E-state index in [9.17, 15) is 8.42 Å². The quantitative estimate of drug-likeness (QED) is 0.699. The lowest BCUT2D eigenvalue weighted by Gasteiger charge is -2.42. The minimum atomic E-state index is -3.09. The minimum Gasteiger partial charge on any atom is -0.329 e. The van der Waals surface area contributed by atoms with Gasteiger partial charge in [0.05, 0.1) is 6.26 Å². The SMILES string of the molecule is CC1(CN)CCCCN1S(C)(=O)=O. The molecule has 0 saturated carbocycles. The lowest BCUT2D eigenvalue weighted by molar-refractivity contribution is 0.159. The minimum absolute atomic E-state index is 0.355. The highest BCUT2D eigenvalue weighted by Crippen LogP contribution is 2.28. The molecule has 1 saturated heterocycles. The average Bonchev–Trinajstić information content (AvgIpc) is 2.03. The van der Waals surface area contributed by atoms with Crippen molar-refractivity contribution in [1.29, 1.82) is 0 Å². The number of rotatable bonds is 2. The molecule has 0 radical (unpaired) electrons. The average molecular weight is 206 g/mol. The third kappa shape index (κ3) is 2.21. The molecule has 0 amide bonds. The molecule has 1 atom stereocenters. The van der Waals surface area contributed by atoms with E-state index in [4.69, 9.17) is 5.73 Å². The molecule has 1 aliphatic heterocycles. The summed E-state index contributed by atoms with van der Waals surface area (Å²) in [6.07, 6.45) is 4.14. The van der Waals surface area contributed by atoms with E-state index < -0.39 is 10.0 Å². The molecule has 1 aliphatic rings. The highest BCUT2D eigenvalue weighted by molar-refractivity contribution is 7.88. The second-order valence-corrected chi connectivity index (χ2v) is 5.90. The Morgan fingerprint density at radius 1 is 1.46 bits per heavy atom. The molecule has 1 unspecified atom stereocenters. The summed E-state index contributed by atoms with van der Waals surface area (Å²) in [6.45, 7) is 2.94. The second kappa shape index (κ2) is 3.55. The van der Waals surface area contributed by atoms with Gasteiger partial charge >= 0.3 is 0 Å². The van der Waals surface area contributed by atoms with E-state index in [0.717, 1.165) is 19.3 Å². The molecule has 1 rings (SSSR count). The van der Waals surface area contributed by atoms with E-state index in [-0.39, 0.29) is 5.54 Å². The van der Waals surface area contributed by atoms with Crippen molar-refractivity contribution in [3.8, 4) is 0 Å². The molecule has 0 bridgehead atoms. The lowest BCUT2D eigenvalue weighted by Crippen LogP contribution is -2.56. The van der Waals surface area contributed by atoms with Gasteiger partial charge in [0.2, 0.25) is 10.0 Å². The Balaban J connectivity index is 2.92. The maximum atomic E-state index is 11.4. The van der Waals surface area contributed by atoms with Crippen molar-refractivity contribution in [2.45, 2.75) is 31.7 Å². The highest BCUT2D eigenvalue weighted by Gasteiger charge is 2.38. The normalized spacial score (nSPS) is 31.9. The van der Waals surface area contributed by atoms with Crippen LogP contribution >= 0.6 is 0 Å². The van der Waals surface area contributed by atoms with E-state index >= 15 is 0 Å². The molecular weight excluding hydrogens is 188 g/mol. The third-order valence-corrected chi connectivity index (χ3v) is 4.19. The van der Waals surface area contributed by atoms with Crippen LogP contribution in [-0.4, -0.2) is 37.6 Å². The Labute approximate surface area is 80.1 Å². The number of nitrogens with zero attached hydrogens (tertiary/aromatic N) is 1. The maximum Gasteiger partial charge on any atom is 0.211 e. The van der Waals surface area contributed by atoms with Crippen molar-refractivity contribution in [3.63, 3.8) is 0 Å². The lowest BCUT2D eigenvalue weighted by atomic mass is 9.91. The summed E-state index contributed by atoms with van der Waals surface area (Å²) in [7, 11) is -3.09. The topological polar surface area (TPSA) is 63.4 Å². The molecule has 0 spiro atoms. The van der Waals surface area contributed by atoms with Gasteiger partial charge in [0, 0.05) is 18.6 Å². The van der Waals surface area contributed by atoms with Crippen LogP contribution in [0.3, 0.4) is 0 Å². The molecular formula is C8H18N2O2S. The van der Waals surface area contributed by atoms with Crippen LogP contribution in [0.4, 0.5) is 0 Å². The molecule has 5 heteroatoms. The van der Waals surface area contributed by atoms with Gasteiger partial charge < -0.3 is 5.73 Å². The maximum absolute atomic E-state index is 11.4. The zero-order valence-electron chi connectivity index (χ0n) is 8.28. The molecule has 1 fully saturated rings. The van der Waals surface area contributed by atoms with Gasteiger partial charge in [-0.2, -0.15) is 4.31 Å². The predicted molar refractivity (Wildman–Crippen MR) is 52.9 cm³/mol. The summed E-state index contributed by atoms with van der Waals surface area (Å²) >= 11 is 0. The molecule has 0 aromatic carbocycles. The van der Waals surface area contributed by atoms with Crippen molar-refractivity contribution >= 4 is 10.0 Å². The fraction of sp³-hybridized carbons (Fsp3) is 1.00. The molecule has 0 aromatic heterocycles. The number of hydrogen-bond acceptors (Lipinski definition) is 3. The van der Waals surface area contributed by atoms with Crippen molar-refractivity contribution < 1.29 is 8.42 Å². The second-order valence-electron chi connectivity index (χ2n) is 3.99. The van der Waals surface area contributed by atoms with Gasteiger partial charge in [-0.3, -0.25) is 0 Å². The summed E-state index contributed by atoms with van der Waals surface area (Å²) in [4.78, 5) is 0. The Bertz CT molecular complexity index is 276. The Kier molecular flexibility index (Phi) is 2.99. The van der Waals surface area contributed by atoms with Gasteiger partial charge in [-0.05, 0) is 19.8 Å². The van der Waals surface area contributed by atoms with Crippen molar-refractivity contribution in [2.75, 3.05) is 19.3 Å². The van der Waals surface area contributed by atoms with Crippen molar-refractivity contribution in [2.24, 2.45) is 5.73 Å². The van der Waals surface area contributed by atoms with Gasteiger partial charge in [0.15, 0.2) is 0 Å². The zero-order valence-corrected chi connectivity index (χ0v) is 9.10. The summed E-state index contributed by atoms with van der Waals surface area (Å²) < 4.78 is 24.4. The first kappa shape index (κ1) is 10.9. The van der Waals surface area contributed by atoms with Gasteiger partial charge in [0.25, 0.3) is 0 Å². The van der Waals surface area contributed by atoms with Crippen LogP contribution in [0.2, 0.25) is 0 Å². The summed E-state index contributed by atoms with van der Waals surface area (Å²) in [5.41, 5.74) is 5.26. The van der Waals surface area contributed by atoms with Gasteiger partial charge in [-0.1, -0.05) is 6.42 Å². The van der Waals surface area contributed by atoms with Crippen LogP contribution in [0.1, 0.15) is 26.2 Å². The van der Waals surface area contributed by atoms with Crippen LogP contribution in [-0.2, 0) is 10.0 Å². The molecule has 0 aromatic rings. The monoisotopic (exact) mass is 206 g/mol. The predicted octanol–water partition coefficient (Wildman–Crippen LogP) is 0.149. The third-order valence-electron chi connectivity index (χ3n) is 2.77. The molecule has 2 N–H and O–H groups in total. The summed E-state index contributed by atoms with van der Waals surface area (Å²) in [5.74, 6) is 0. The van der Waals surface area contributed by atoms with Gasteiger partial charge in [0.1, 0.15) is 0 Å². The highest BCUT2D eigenvalue weighted by atomic mass is 32.2. The van der Waals surface area contributed by atoms with E-state index in [1.807, 2.05) is 6.92 Å². The summed E-state index contributed by atoms with van der Waals surface area (Å²) in [6, 6.07) is 0. The number of piperidine rings is 1. The largest absolute Gasteiger partial charge is 0.329 e. The molecule has 0 aliphatic carbocycles. The van der Waals surface area contributed by atoms with E-state index in [0.29, 0.717) is 13.1 Å². The zero-order chi connectivity index (χ0) is 10.1. The van der Waals surface area contributed by atoms with E-state index in [1.165, 1.54) is 6.26 Å². The number of sulfonamides is 1. The number of hydrogen-bond donors (Lipinski definition) is 1. The first-order valence-corrected chi connectivity index (χ1v) is 6.43. The van der Waals surface area contributed by atoms with Crippen LogP contribution < -0.4 is 5.73 Å². The van der Waals surface area contributed by atoms with Crippen LogP contribution in [0.5, 0.6) is 0 Å². The molecule has 78 valence electrons. The van der Waals surface area contributed by atoms with Gasteiger partial charge in [-0.15, -0.1) is 0 Å². The molecule has 13 heavy (non-hydrogen) atoms. The van der Waals surface area contributed by atoms with E-state index in [2.05, 4.69) is 0 Å². The first-order valence-electron chi connectivity index (χ1n) is 4.58. The molecule has 4 nitrogen and oxygen atoms in total. The standard InChI is InChI=1S/C8H18N2O2S/c1-8(7-9)5-3-4-6-10(8)13(2,11)12/h3-7,9H2,1-2H3. The molecule has 1 heterocycles. The summed E-state index contributed by atoms with van der Waals surface area (Å²) in [5, 5.41) is 0. The first-order chi connectivity index (χ1) is 5.90. The van der Waals surface area contributed by atoms with Crippen LogP contribution in [0.15, 0.2) is 0 Å². The van der Waals surface area contributed by atoms with Crippen molar-refractivity contribution in [3.05, 3.63) is 0 Å². The smallest absolute Gasteiger partial charge is 0.211 e. The van der Waals surface area contributed by atoms with E-state index in [1.54, 1.807) is 4.31 Å².